The van der Waals surface area contributed by atoms with E-state index in [2.05, 4.69) is 92.5 Å². The summed E-state index contributed by atoms with van der Waals surface area (Å²) < 4.78 is 10.6. The van der Waals surface area contributed by atoms with Crippen LogP contribution in [0.15, 0.2) is 48.5 Å². The number of hydrogen-bond acceptors (Lipinski definition) is 13. The van der Waals surface area contributed by atoms with E-state index in [1.165, 1.54) is 125 Å². The van der Waals surface area contributed by atoms with Crippen LogP contribution < -0.4 is 9.47 Å². The lowest BCUT2D eigenvalue weighted by Gasteiger charge is -2.45. The quantitative estimate of drug-likeness (QED) is 0.0330. The average molecular weight is 998 g/mol. The number of aryl methyl sites for hydroxylation is 2. The Labute approximate surface area is 404 Å². The molecule has 0 saturated carbocycles. The van der Waals surface area contributed by atoms with Crippen molar-refractivity contribution >= 4 is 112 Å². The molecule has 10 unspecified atom stereocenters. The summed E-state index contributed by atoms with van der Waals surface area (Å²) in [4.78, 5) is 22.9. The van der Waals surface area contributed by atoms with Gasteiger partial charge in [0.2, 0.25) is 0 Å². The highest BCUT2D eigenvalue weighted by Gasteiger charge is 2.47. The second-order valence-corrected chi connectivity index (χ2v) is 31.0. The molecular formula is C48H68O4S9. The first kappa shape index (κ1) is 49.4. The molecule has 2 aromatic carbocycles. The lowest BCUT2D eigenvalue weighted by Crippen LogP contribution is -2.42. The normalized spacial score (nSPS) is 29.6. The fraction of sp³-hybridized carbons (Fsp3) is 0.708. The predicted molar refractivity (Wildman–Crippen MR) is 282 cm³/mol. The van der Waals surface area contributed by atoms with Crippen LogP contribution in [0.1, 0.15) is 141 Å². The molecule has 338 valence electrons. The number of fused-ring (bicyclic) bond motifs is 7. The predicted octanol–water partition coefficient (Wildman–Crippen LogP) is 15.4. The van der Waals surface area contributed by atoms with Crippen LogP contribution in [0.4, 0.5) is 0 Å². The van der Waals surface area contributed by atoms with Crippen LogP contribution in [-0.4, -0.2) is 75.9 Å². The Balaban J connectivity index is 0.000000185. The summed E-state index contributed by atoms with van der Waals surface area (Å²) in [7, 11) is 8.27. The van der Waals surface area contributed by atoms with Crippen molar-refractivity contribution in [3.63, 3.8) is 0 Å². The third-order valence-electron chi connectivity index (χ3n) is 12.6. The van der Waals surface area contributed by atoms with Crippen LogP contribution in [0, 0.1) is 0 Å². The van der Waals surface area contributed by atoms with Gasteiger partial charge in [0.1, 0.15) is 11.5 Å². The second-order valence-electron chi connectivity index (χ2n) is 17.5. The number of benzene rings is 2. The van der Waals surface area contributed by atoms with Gasteiger partial charge in [-0.15, -0.1) is 0 Å². The van der Waals surface area contributed by atoms with Gasteiger partial charge in [-0.1, -0.05) is 111 Å². The molecule has 8 aliphatic heterocycles. The van der Waals surface area contributed by atoms with Gasteiger partial charge in [-0.25, -0.2) is 0 Å². The lowest BCUT2D eigenvalue weighted by atomic mass is 10.0. The highest BCUT2D eigenvalue weighted by Crippen LogP contribution is 2.59. The van der Waals surface area contributed by atoms with Crippen molar-refractivity contribution in [3.05, 3.63) is 59.7 Å². The van der Waals surface area contributed by atoms with Gasteiger partial charge < -0.3 is 9.47 Å². The Hall–Kier alpha value is 0.530. The maximum atomic E-state index is 11.5. The van der Waals surface area contributed by atoms with Crippen LogP contribution in [0.2, 0.25) is 0 Å². The summed E-state index contributed by atoms with van der Waals surface area (Å²) in [5, 5.41) is 9.57. The van der Waals surface area contributed by atoms with Crippen molar-refractivity contribution in [2.24, 2.45) is 0 Å². The van der Waals surface area contributed by atoms with Gasteiger partial charge >= 0.3 is 11.9 Å². The van der Waals surface area contributed by atoms with E-state index in [9.17, 15) is 9.59 Å². The van der Waals surface area contributed by atoms with E-state index in [1.807, 2.05) is 69.9 Å². The number of carbonyl (C=O) groups is 2. The van der Waals surface area contributed by atoms with Gasteiger partial charge in [-0.2, -0.15) is 58.8 Å². The van der Waals surface area contributed by atoms with Gasteiger partial charge in [0, 0.05) is 76.8 Å². The highest BCUT2D eigenvalue weighted by molar-refractivity contribution is 9.26. The summed E-state index contributed by atoms with van der Waals surface area (Å²) in [5.41, 5.74) is 2.55. The maximum Gasteiger partial charge on any atom is 0.310 e. The van der Waals surface area contributed by atoms with E-state index in [0.717, 1.165) is 65.3 Å². The minimum Gasteiger partial charge on any atom is -0.427 e. The third kappa shape index (κ3) is 17.3. The maximum absolute atomic E-state index is 11.5. The third-order valence-corrected chi connectivity index (χ3v) is 28.0. The highest BCUT2D eigenvalue weighted by atomic mass is 33.7. The zero-order chi connectivity index (χ0) is 42.2. The lowest BCUT2D eigenvalue weighted by molar-refractivity contribution is -0.134. The van der Waals surface area contributed by atoms with E-state index < -0.39 is 0 Å². The number of unbranched alkanes of at least 4 members (excludes halogenated alkanes) is 8. The fourth-order valence-corrected chi connectivity index (χ4v) is 24.1. The van der Waals surface area contributed by atoms with Gasteiger partial charge in [-0.3, -0.25) is 9.59 Å². The van der Waals surface area contributed by atoms with Crippen molar-refractivity contribution in [2.75, 3.05) is 11.5 Å². The number of ether oxygens (including phenoxy) is 2. The molecule has 4 nitrogen and oxygen atoms in total. The largest absolute Gasteiger partial charge is 0.427 e. The first-order valence-corrected chi connectivity index (χ1v) is 33.2. The van der Waals surface area contributed by atoms with Crippen LogP contribution in [0.5, 0.6) is 11.5 Å². The molecule has 0 spiro atoms. The van der Waals surface area contributed by atoms with E-state index in [0.29, 0.717) is 24.3 Å². The molecule has 0 radical (unpaired) electrons. The van der Waals surface area contributed by atoms with Crippen LogP contribution in [0.25, 0.3) is 0 Å². The summed E-state index contributed by atoms with van der Waals surface area (Å²) >= 11 is 11.3. The molecule has 0 amide bonds. The molecule has 0 aliphatic carbocycles. The molecular weight excluding hydrogens is 929 g/mol. The van der Waals surface area contributed by atoms with E-state index in [4.69, 9.17) is 9.47 Å². The van der Waals surface area contributed by atoms with E-state index in [1.54, 1.807) is 0 Å². The van der Waals surface area contributed by atoms with E-state index >= 15 is 0 Å². The SMILES string of the molecule is CCC(=O)Oc1cccc(CCCCCCCC2SC2CC2SCC3CC2S3)c1.CCC(=O)Oc1cccc(CCCCCCCC2SC2CC2SSSSCC3CC2S3)c1. The van der Waals surface area contributed by atoms with Gasteiger partial charge in [0.05, 0.1) is 0 Å². The molecule has 8 heterocycles. The molecule has 4 bridgehead atoms. The van der Waals surface area contributed by atoms with Crippen LogP contribution in [-0.2, 0) is 22.4 Å². The van der Waals surface area contributed by atoms with Crippen molar-refractivity contribution in [1.82, 2.24) is 0 Å². The molecule has 61 heavy (non-hydrogen) atoms. The van der Waals surface area contributed by atoms with Crippen molar-refractivity contribution < 1.29 is 19.1 Å². The topological polar surface area (TPSA) is 52.6 Å². The fourth-order valence-electron chi connectivity index (χ4n) is 8.77. The zero-order valence-corrected chi connectivity index (χ0v) is 43.6. The monoisotopic (exact) mass is 996 g/mol. The summed E-state index contributed by atoms with van der Waals surface area (Å²) in [6.45, 7) is 3.65. The molecule has 2 aromatic rings. The Kier molecular flexibility index (Phi) is 21.7. The Morgan fingerprint density at radius 1 is 0.557 bits per heavy atom. The molecule has 8 saturated heterocycles. The van der Waals surface area contributed by atoms with Crippen molar-refractivity contribution in [3.8, 4) is 11.5 Å². The minimum absolute atomic E-state index is 0.161. The molecule has 10 rings (SSSR count). The number of hydrogen-bond donors (Lipinski definition) is 0. The van der Waals surface area contributed by atoms with Gasteiger partial charge in [0.15, 0.2) is 0 Å². The molecule has 8 aliphatic rings. The van der Waals surface area contributed by atoms with Gasteiger partial charge in [-0.05, 0) is 119 Å². The smallest absolute Gasteiger partial charge is 0.310 e. The first-order chi connectivity index (χ1) is 29.9. The second kappa shape index (κ2) is 26.8. The minimum atomic E-state index is -0.162. The van der Waals surface area contributed by atoms with Crippen LogP contribution in [0.3, 0.4) is 0 Å². The Bertz CT molecular complexity index is 1630. The molecule has 0 N–H and O–H groups in total. The first-order valence-electron chi connectivity index (χ1n) is 23.4. The van der Waals surface area contributed by atoms with Gasteiger partial charge in [0.25, 0.3) is 0 Å². The van der Waals surface area contributed by atoms with Crippen molar-refractivity contribution in [1.29, 1.82) is 0 Å². The van der Waals surface area contributed by atoms with Crippen molar-refractivity contribution in [2.45, 2.75) is 195 Å². The summed E-state index contributed by atoms with van der Waals surface area (Å²) in [5.74, 6) is 3.81. The zero-order valence-electron chi connectivity index (χ0n) is 36.3. The number of thioether (sulfide) groups is 5. The Morgan fingerprint density at radius 3 is 1.57 bits per heavy atom. The van der Waals surface area contributed by atoms with Crippen LogP contribution >= 0.6 is 100 Å². The molecule has 13 heteroatoms. The van der Waals surface area contributed by atoms with E-state index in [-0.39, 0.29) is 11.9 Å². The molecule has 0 aromatic heterocycles. The summed E-state index contributed by atoms with van der Waals surface area (Å²) in [6, 6.07) is 16.0. The molecule has 8 fully saturated rings. The Morgan fingerprint density at radius 2 is 1.05 bits per heavy atom. The average Bonchev–Trinajstić information content (AvgIpc) is 4.16. The summed E-state index contributed by atoms with van der Waals surface area (Å²) in [6.07, 6.45) is 25.1. The standard InChI is InChI=1S/C24H34O2S6.C24H34O2S3/c1-2-24(25)26-18-11-8-10-17(13-18)9-6-4-3-5-7-12-20-22(29-20)15-23-21-14-19(28-21)16-27-31-32-30-23;1-2-24(25)26-18-11-8-10-17(13-18)9-6-4-3-5-7-12-20-23(29-20)15-21-22-14-19(28-22)16-27-21/h8,10-11,13,19-23H,2-7,9,12,14-16H2,1H3;8,10-11,13,19-23H,2-7,9,12,14-16H2,1H3. The number of esters is 2. The number of carbonyl (C=O) groups excluding carboxylic acids is 2. The number of rotatable bonds is 24. The molecule has 10 atom stereocenters.